The summed E-state index contributed by atoms with van der Waals surface area (Å²) in [5.74, 6) is 0.323. The molecule has 0 aliphatic heterocycles. The number of oxime groups is 1. The third-order valence-corrected chi connectivity index (χ3v) is 2.84. The molecule has 0 saturated heterocycles. The van der Waals surface area contributed by atoms with Crippen LogP contribution in [-0.2, 0) is 0 Å². The molecule has 0 radical (unpaired) electrons. The van der Waals surface area contributed by atoms with E-state index in [1.165, 1.54) is 12.1 Å². The molecule has 0 bridgehead atoms. The Labute approximate surface area is 97.1 Å². The maximum Gasteiger partial charge on any atom is 0.142 e. The molecule has 15 heavy (non-hydrogen) atoms. The molecule has 0 aliphatic carbocycles. The monoisotopic (exact) mass is 247 g/mol. The van der Waals surface area contributed by atoms with Crippen molar-refractivity contribution in [3.8, 4) is 0 Å². The Kier molecular flexibility index (Phi) is 4.91. The van der Waals surface area contributed by atoms with E-state index in [-0.39, 0.29) is 5.02 Å². The Morgan fingerprint density at radius 3 is 2.87 bits per heavy atom. The molecule has 1 rings (SSSR count). The van der Waals surface area contributed by atoms with Gasteiger partial charge in [-0.1, -0.05) is 22.8 Å². The van der Waals surface area contributed by atoms with Crippen molar-refractivity contribution in [2.24, 2.45) is 5.16 Å². The molecule has 5 heteroatoms. The van der Waals surface area contributed by atoms with Crippen molar-refractivity contribution >= 4 is 29.1 Å². The smallest absolute Gasteiger partial charge is 0.142 e. The second kappa shape index (κ2) is 5.98. The van der Waals surface area contributed by atoms with Gasteiger partial charge in [-0.25, -0.2) is 4.39 Å². The number of rotatable bonds is 4. The maximum absolute atomic E-state index is 13.1. The second-order valence-corrected chi connectivity index (χ2v) is 4.31. The molecule has 0 atom stereocenters. The van der Waals surface area contributed by atoms with Crippen LogP contribution in [0.3, 0.4) is 0 Å². The van der Waals surface area contributed by atoms with Crippen LogP contribution in [0.5, 0.6) is 0 Å². The van der Waals surface area contributed by atoms with Gasteiger partial charge in [-0.2, -0.15) is 11.8 Å². The zero-order valence-corrected chi connectivity index (χ0v) is 9.78. The lowest BCUT2D eigenvalue weighted by atomic mass is 10.1. The lowest BCUT2D eigenvalue weighted by Crippen LogP contribution is -2.03. The topological polar surface area (TPSA) is 32.6 Å². The van der Waals surface area contributed by atoms with Gasteiger partial charge >= 0.3 is 0 Å². The maximum atomic E-state index is 13.1. The fourth-order valence-corrected chi connectivity index (χ4v) is 1.64. The van der Waals surface area contributed by atoms with Crippen molar-refractivity contribution in [2.75, 3.05) is 12.0 Å². The van der Waals surface area contributed by atoms with Crippen LogP contribution in [0.25, 0.3) is 0 Å². The minimum absolute atomic E-state index is 0.0703. The molecular weight excluding hydrogens is 237 g/mol. The van der Waals surface area contributed by atoms with Gasteiger partial charge < -0.3 is 5.21 Å². The number of thioether (sulfide) groups is 1. The summed E-state index contributed by atoms with van der Waals surface area (Å²) in [5.41, 5.74) is 1.04. The van der Waals surface area contributed by atoms with Crippen molar-refractivity contribution in [2.45, 2.75) is 6.42 Å². The molecule has 1 aromatic carbocycles. The summed E-state index contributed by atoms with van der Waals surface area (Å²) < 4.78 is 13.1. The lowest BCUT2D eigenvalue weighted by molar-refractivity contribution is 0.318. The van der Waals surface area contributed by atoms with Crippen molar-refractivity contribution in [3.63, 3.8) is 0 Å². The van der Waals surface area contributed by atoms with E-state index in [1.807, 2.05) is 6.26 Å². The van der Waals surface area contributed by atoms with Crippen LogP contribution >= 0.6 is 23.4 Å². The van der Waals surface area contributed by atoms with Crippen LogP contribution in [0.15, 0.2) is 23.4 Å². The SMILES string of the molecule is CSCCC(=NO)c1ccc(Cl)c(F)c1. The van der Waals surface area contributed by atoms with Gasteiger partial charge in [0.1, 0.15) is 5.82 Å². The molecule has 82 valence electrons. The van der Waals surface area contributed by atoms with E-state index in [4.69, 9.17) is 16.8 Å². The van der Waals surface area contributed by atoms with Crippen LogP contribution in [-0.4, -0.2) is 22.9 Å². The molecule has 0 saturated carbocycles. The van der Waals surface area contributed by atoms with Crippen LogP contribution < -0.4 is 0 Å². The highest BCUT2D eigenvalue weighted by atomic mass is 35.5. The third-order valence-electron chi connectivity index (χ3n) is 1.92. The molecule has 0 aromatic heterocycles. The highest BCUT2D eigenvalue weighted by Crippen LogP contribution is 2.17. The minimum Gasteiger partial charge on any atom is -0.411 e. The Hall–Kier alpha value is -0.740. The summed E-state index contributed by atoms with van der Waals surface area (Å²) in [5, 5.41) is 12.0. The van der Waals surface area contributed by atoms with Crippen molar-refractivity contribution in [3.05, 3.63) is 34.6 Å². The first-order chi connectivity index (χ1) is 7.19. The lowest BCUT2D eigenvalue weighted by Gasteiger charge is -2.04. The van der Waals surface area contributed by atoms with E-state index in [1.54, 1.807) is 17.8 Å². The molecule has 1 N–H and O–H groups in total. The summed E-state index contributed by atoms with van der Waals surface area (Å²) >= 11 is 7.19. The standard InChI is InChI=1S/C10H11ClFNOS/c1-15-5-4-10(13-14)7-2-3-8(11)9(12)6-7/h2-3,6,14H,4-5H2,1H3. The minimum atomic E-state index is -0.500. The van der Waals surface area contributed by atoms with E-state index >= 15 is 0 Å². The van der Waals surface area contributed by atoms with Gasteiger partial charge in [0, 0.05) is 12.0 Å². The average molecular weight is 248 g/mol. The van der Waals surface area contributed by atoms with Crippen LogP contribution in [0.4, 0.5) is 4.39 Å². The predicted molar refractivity (Wildman–Crippen MR) is 62.7 cm³/mol. The van der Waals surface area contributed by atoms with Crippen LogP contribution in [0.1, 0.15) is 12.0 Å². The highest BCUT2D eigenvalue weighted by Gasteiger charge is 2.07. The van der Waals surface area contributed by atoms with E-state index in [9.17, 15) is 4.39 Å². The fraction of sp³-hybridized carbons (Fsp3) is 0.300. The number of benzene rings is 1. The molecule has 1 aromatic rings. The number of nitrogens with zero attached hydrogens (tertiary/aromatic N) is 1. The number of hydrogen-bond acceptors (Lipinski definition) is 3. The third kappa shape index (κ3) is 3.39. The zero-order chi connectivity index (χ0) is 11.3. The Morgan fingerprint density at radius 1 is 1.60 bits per heavy atom. The first kappa shape index (κ1) is 12.3. The van der Waals surface area contributed by atoms with Gasteiger partial charge in [0.05, 0.1) is 10.7 Å². The predicted octanol–water partition coefficient (Wildman–Crippen LogP) is 3.41. The Balaban J connectivity index is 2.88. The van der Waals surface area contributed by atoms with E-state index < -0.39 is 5.82 Å². The van der Waals surface area contributed by atoms with Gasteiger partial charge in [0.25, 0.3) is 0 Å². The van der Waals surface area contributed by atoms with Gasteiger partial charge in [-0.15, -0.1) is 0 Å². The van der Waals surface area contributed by atoms with Crippen LogP contribution in [0.2, 0.25) is 5.02 Å². The number of halogens is 2. The summed E-state index contributed by atoms with van der Waals surface area (Å²) in [7, 11) is 0. The molecule has 0 aliphatic rings. The van der Waals surface area contributed by atoms with E-state index in [0.29, 0.717) is 17.7 Å². The van der Waals surface area contributed by atoms with Gasteiger partial charge in [-0.3, -0.25) is 0 Å². The van der Waals surface area contributed by atoms with Gasteiger partial charge in [0.15, 0.2) is 0 Å². The van der Waals surface area contributed by atoms with E-state index in [0.717, 1.165) is 5.75 Å². The van der Waals surface area contributed by atoms with Gasteiger partial charge in [0.2, 0.25) is 0 Å². The molecule has 2 nitrogen and oxygen atoms in total. The summed E-state index contributed by atoms with van der Waals surface area (Å²) in [4.78, 5) is 0. The van der Waals surface area contributed by atoms with Gasteiger partial charge in [-0.05, 0) is 24.1 Å². The average Bonchev–Trinajstić information content (AvgIpc) is 2.24. The fourth-order valence-electron chi connectivity index (χ4n) is 1.13. The Bertz CT molecular complexity index is 370. The molecule has 0 heterocycles. The summed E-state index contributed by atoms with van der Waals surface area (Å²) in [6.45, 7) is 0. The molecule has 0 amide bonds. The largest absolute Gasteiger partial charge is 0.411 e. The first-order valence-electron chi connectivity index (χ1n) is 4.34. The quantitative estimate of drug-likeness (QED) is 0.502. The van der Waals surface area contributed by atoms with Crippen molar-refractivity contribution < 1.29 is 9.60 Å². The summed E-state index contributed by atoms with van der Waals surface area (Å²) in [6.07, 6.45) is 2.55. The normalized spacial score (nSPS) is 11.8. The first-order valence-corrected chi connectivity index (χ1v) is 6.11. The van der Waals surface area contributed by atoms with Crippen molar-refractivity contribution in [1.82, 2.24) is 0 Å². The van der Waals surface area contributed by atoms with Crippen LogP contribution in [0, 0.1) is 5.82 Å². The molecule has 0 unspecified atom stereocenters. The number of hydrogen-bond donors (Lipinski definition) is 1. The molecule has 0 fully saturated rings. The molecular formula is C10H11ClFNOS. The summed E-state index contributed by atoms with van der Waals surface area (Å²) in [6, 6.07) is 4.37. The molecule has 0 spiro atoms. The van der Waals surface area contributed by atoms with E-state index in [2.05, 4.69) is 5.16 Å². The highest BCUT2D eigenvalue weighted by molar-refractivity contribution is 7.98. The Morgan fingerprint density at radius 2 is 2.33 bits per heavy atom. The van der Waals surface area contributed by atoms with Crippen molar-refractivity contribution in [1.29, 1.82) is 0 Å². The zero-order valence-electron chi connectivity index (χ0n) is 8.20. The second-order valence-electron chi connectivity index (χ2n) is 2.92.